The van der Waals surface area contributed by atoms with Crippen molar-refractivity contribution in [1.82, 2.24) is 20.4 Å². The van der Waals surface area contributed by atoms with E-state index in [2.05, 4.69) is 20.4 Å². The van der Waals surface area contributed by atoms with Crippen LogP contribution < -0.4 is 10.6 Å². The van der Waals surface area contributed by atoms with Crippen molar-refractivity contribution in [3.8, 4) is 0 Å². The van der Waals surface area contributed by atoms with Crippen molar-refractivity contribution in [2.24, 2.45) is 0 Å². The summed E-state index contributed by atoms with van der Waals surface area (Å²) < 4.78 is 0. The molecule has 26 heavy (non-hydrogen) atoms. The second kappa shape index (κ2) is 9.18. The van der Waals surface area contributed by atoms with Gasteiger partial charge in [-0.2, -0.15) is 0 Å². The number of hydrogen-bond acceptors (Lipinski definition) is 4. The lowest BCUT2D eigenvalue weighted by atomic mass is 10.1. The molecule has 0 radical (unpaired) electrons. The maximum Gasteiger partial charge on any atom is 0.237 e. The van der Waals surface area contributed by atoms with E-state index in [1.165, 1.54) is 25.7 Å². The minimum Gasteiger partial charge on any atom is -0.352 e. The highest BCUT2D eigenvalue weighted by atomic mass is 16.2. The number of carbonyl (C=O) groups is 2. The summed E-state index contributed by atoms with van der Waals surface area (Å²) in [6.45, 7) is 7.41. The molecule has 1 aliphatic heterocycles. The Kier molecular flexibility index (Phi) is 6.92. The van der Waals surface area contributed by atoms with Gasteiger partial charge in [0.15, 0.2) is 0 Å². The molecule has 0 unspecified atom stereocenters. The van der Waals surface area contributed by atoms with E-state index in [1.54, 1.807) is 0 Å². The summed E-state index contributed by atoms with van der Waals surface area (Å²) in [5.41, 5.74) is 0. The lowest BCUT2D eigenvalue weighted by Crippen LogP contribution is -2.58. The van der Waals surface area contributed by atoms with Crippen LogP contribution in [0.4, 0.5) is 0 Å². The summed E-state index contributed by atoms with van der Waals surface area (Å²) in [6, 6.07) is 0.594. The molecule has 2 amide bonds. The molecule has 1 heterocycles. The van der Waals surface area contributed by atoms with E-state index in [9.17, 15) is 9.59 Å². The first-order valence-electron chi connectivity index (χ1n) is 10.6. The highest BCUT2D eigenvalue weighted by Gasteiger charge is 2.31. The van der Waals surface area contributed by atoms with E-state index in [4.69, 9.17) is 0 Å². The summed E-state index contributed by atoms with van der Waals surface area (Å²) in [4.78, 5) is 29.5. The molecule has 0 aromatic heterocycles. The van der Waals surface area contributed by atoms with Gasteiger partial charge >= 0.3 is 0 Å². The molecule has 3 fully saturated rings. The summed E-state index contributed by atoms with van der Waals surface area (Å²) in [6.07, 6.45) is 9.44. The zero-order valence-electron chi connectivity index (χ0n) is 16.5. The Hall–Kier alpha value is -1.14. The fourth-order valence-corrected chi connectivity index (χ4v) is 4.63. The lowest BCUT2D eigenvalue weighted by Gasteiger charge is -2.40. The molecule has 2 atom stereocenters. The van der Waals surface area contributed by atoms with Crippen LogP contribution in [0, 0.1) is 0 Å². The Morgan fingerprint density at radius 2 is 1.00 bits per heavy atom. The largest absolute Gasteiger partial charge is 0.352 e. The third-order valence-corrected chi connectivity index (χ3v) is 6.61. The minimum absolute atomic E-state index is 0.0830. The zero-order valence-corrected chi connectivity index (χ0v) is 16.5. The molecular weight excluding hydrogens is 328 g/mol. The van der Waals surface area contributed by atoms with Gasteiger partial charge in [0.1, 0.15) is 0 Å². The summed E-state index contributed by atoms with van der Waals surface area (Å²) >= 11 is 0. The number of hydrogen-bond donors (Lipinski definition) is 2. The number of nitrogens with zero attached hydrogens (tertiary/aromatic N) is 2. The number of piperazine rings is 1. The first-order chi connectivity index (χ1) is 12.5. The second-order valence-corrected chi connectivity index (χ2v) is 8.40. The Balaban J connectivity index is 1.41. The van der Waals surface area contributed by atoms with Crippen molar-refractivity contribution in [2.75, 3.05) is 26.2 Å². The van der Waals surface area contributed by atoms with Crippen LogP contribution in [0.3, 0.4) is 0 Å². The Bertz CT molecular complexity index is 434. The van der Waals surface area contributed by atoms with Crippen molar-refractivity contribution in [3.63, 3.8) is 0 Å². The van der Waals surface area contributed by atoms with Gasteiger partial charge < -0.3 is 10.6 Å². The highest BCUT2D eigenvalue weighted by Crippen LogP contribution is 2.19. The van der Waals surface area contributed by atoms with Gasteiger partial charge in [-0.15, -0.1) is 0 Å². The minimum atomic E-state index is -0.0830. The quantitative estimate of drug-likeness (QED) is 0.750. The molecular formula is C20H36N4O2. The topological polar surface area (TPSA) is 64.7 Å². The van der Waals surface area contributed by atoms with Crippen LogP contribution in [0.2, 0.25) is 0 Å². The van der Waals surface area contributed by atoms with Crippen molar-refractivity contribution in [1.29, 1.82) is 0 Å². The van der Waals surface area contributed by atoms with Gasteiger partial charge in [0.2, 0.25) is 11.8 Å². The average Bonchev–Trinajstić information content (AvgIpc) is 3.34. The molecule has 2 aliphatic carbocycles. The van der Waals surface area contributed by atoms with Crippen molar-refractivity contribution in [2.45, 2.75) is 89.4 Å². The van der Waals surface area contributed by atoms with Crippen LogP contribution in [-0.2, 0) is 9.59 Å². The van der Waals surface area contributed by atoms with E-state index in [1.807, 2.05) is 13.8 Å². The lowest BCUT2D eigenvalue weighted by molar-refractivity contribution is -0.130. The number of carbonyl (C=O) groups excluding carboxylic acids is 2. The maximum atomic E-state index is 12.5. The SMILES string of the molecule is C[C@H](C(=O)NC1CCCC1)N1CCN([C@@H](C)C(=O)NC2CCCC2)CC1. The summed E-state index contributed by atoms with van der Waals surface area (Å²) in [5.74, 6) is 0.328. The van der Waals surface area contributed by atoms with Gasteiger partial charge in [-0.05, 0) is 39.5 Å². The van der Waals surface area contributed by atoms with E-state index in [-0.39, 0.29) is 23.9 Å². The predicted molar refractivity (Wildman–Crippen MR) is 103 cm³/mol. The molecule has 6 nitrogen and oxygen atoms in total. The molecule has 0 bridgehead atoms. The molecule has 1 saturated heterocycles. The second-order valence-electron chi connectivity index (χ2n) is 8.40. The molecule has 2 N–H and O–H groups in total. The van der Waals surface area contributed by atoms with Crippen LogP contribution >= 0.6 is 0 Å². The van der Waals surface area contributed by atoms with Crippen LogP contribution in [0.5, 0.6) is 0 Å². The first kappa shape index (κ1) is 19.6. The van der Waals surface area contributed by atoms with E-state index < -0.39 is 0 Å². The van der Waals surface area contributed by atoms with E-state index in [0.717, 1.165) is 51.9 Å². The van der Waals surface area contributed by atoms with Crippen molar-refractivity contribution < 1.29 is 9.59 Å². The van der Waals surface area contributed by atoms with Gasteiger partial charge in [0.25, 0.3) is 0 Å². The number of amides is 2. The van der Waals surface area contributed by atoms with Crippen LogP contribution in [0.1, 0.15) is 65.2 Å². The summed E-state index contributed by atoms with van der Waals surface area (Å²) in [5, 5.41) is 6.42. The Morgan fingerprint density at radius 3 is 1.31 bits per heavy atom. The first-order valence-corrected chi connectivity index (χ1v) is 10.6. The molecule has 0 aromatic rings. The van der Waals surface area contributed by atoms with Gasteiger partial charge in [-0.25, -0.2) is 0 Å². The van der Waals surface area contributed by atoms with Gasteiger partial charge in [0, 0.05) is 38.3 Å². The zero-order chi connectivity index (χ0) is 18.5. The average molecular weight is 365 g/mol. The number of nitrogens with one attached hydrogen (secondary N) is 2. The molecule has 2 saturated carbocycles. The molecule has 3 rings (SSSR count). The molecule has 3 aliphatic rings. The molecule has 0 aromatic carbocycles. The molecule has 0 spiro atoms. The standard InChI is InChI=1S/C20H36N4O2/c1-15(19(25)21-17-7-3-4-8-17)23-11-13-24(14-12-23)16(2)20(26)22-18-9-5-6-10-18/h15-18H,3-14H2,1-2H3,(H,21,25)(H,22,26)/t15-,16+. The molecule has 148 valence electrons. The predicted octanol–water partition coefficient (Wildman–Crippen LogP) is 1.50. The fourth-order valence-electron chi connectivity index (χ4n) is 4.63. The molecule has 6 heteroatoms. The van der Waals surface area contributed by atoms with Crippen LogP contribution in [-0.4, -0.2) is 72.0 Å². The van der Waals surface area contributed by atoms with Gasteiger partial charge in [-0.1, -0.05) is 25.7 Å². The normalized spacial score (nSPS) is 25.9. The smallest absolute Gasteiger partial charge is 0.237 e. The highest BCUT2D eigenvalue weighted by molar-refractivity contribution is 5.82. The van der Waals surface area contributed by atoms with Crippen LogP contribution in [0.25, 0.3) is 0 Å². The Morgan fingerprint density at radius 1 is 0.692 bits per heavy atom. The van der Waals surface area contributed by atoms with Crippen LogP contribution in [0.15, 0.2) is 0 Å². The summed E-state index contributed by atoms with van der Waals surface area (Å²) in [7, 11) is 0. The monoisotopic (exact) mass is 364 g/mol. The number of rotatable bonds is 6. The van der Waals surface area contributed by atoms with E-state index >= 15 is 0 Å². The third kappa shape index (κ3) is 4.97. The Labute approximate surface area is 158 Å². The fraction of sp³-hybridized carbons (Fsp3) is 0.900. The van der Waals surface area contributed by atoms with Crippen molar-refractivity contribution in [3.05, 3.63) is 0 Å². The third-order valence-electron chi connectivity index (χ3n) is 6.61. The van der Waals surface area contributed by atoms with Crippen molar-refractivity contribution >= 4 is 11.8 Å². The van der Waals surface area contributed by atoms with Gasteiger partial charge in [0.05, 0.1) is 12.1 Å². The maximum absolute atomic E-state index is 12.5. The van der Waals surface area contributed by atoms with E-state index in [0.29, 0.717) is 12.1 Å². The van der Waals surface area contributed by atoms with Gasteiger partial charge in [-0.3, -0.25) is 19.4 Å².